The Bertz CT molecular complexity index is 6260. The number of fused-ring (bicyclic) bond motifs is 4. The lowest BCUT2D eigenvalue weighted by Crippen LogP contribution is -2.09. The van der Waals surface area contributed by atoms with Crippen molar-refractivity contribution in [3.8, 4) is 100 Å². The van der Waals surface area contributed by atoms with E-state index in [2.05, 4.69) is 459 Å². The molecule has 0 aromatic heterocycles. The quantitative estimate of drug-likeness (QED) is 0.101. The Morgan fingerprint density at radius 2 is 0.241 bits per heavy atom. The fraction of sp³-hybridized carbons (Fsp3) is 0. The van der Waals surface area contributed by atoms with Crippen LogP contribution in [0, 0.1) is 0 Å². The number of rotatable bonds is 15. The largest absolute Gasteiger partial charge is 0.311 e. The molecule has 0 saturated heterocycles. The first-order valence-electron chi connectivity index (χ1n) is 37.1. The predicted molar refractivity (Wildman–Crippen MR) is 461 cm³/mol. The first-order valence-corrected chi connectivity index (χ1v) is 37.1. The zero-order valence-electron chi connectivity index (χ0n) is 59.6. The standard InChI is InChI=1S/C56H39N.C50H35N/c1-3-10-40(11-4-1)43-24-30-54(31-25-43)57(55-32-26-44(27-33-55)48-17-9-16-47(36-48)41-12-5-2-6-13-41)56-34-28-45(29-35-56)49-20-21-52-39-53(23-22-51(52)38-49)50-19-18-42-14-7-8-15-46(42)37-50;1-3-9-36(10-4-1)39-21-27-48(28-22-39)51(49-29-23-40(24-30-49)37-11-5-2-6-12-37)50-31-25-41(26-32-50)43-17-18-46-35-47(20-19-45(46)34-43)44-16-15-38-13-7-8-14-42(38)33-44/h1-39H;1-35H. The molecule has 0 heterocycles. The molecule has 19 aromatic carbocycles. The van der Waals surface area contributed by atoms with Gasteiger partial charge in [-0.2, -0.15) is 0 Å². The molecule has 0 spiro atoms. The summed E-state index contributed by atoms with van der Waals surface area (Å²) >= 11 is 0. The van der Waals surface area contributed by atoms with Gasteiger partial charge < -0.3 is 9.80 Å². The van der Waals surface area contributed by atoms with Crippen LogP contribution < -0.4 is 9.80 Å². The van der Waals surface area contributed by atoms with Crippen molar-refractivity contribution in [3.63, 3.8) is 0 Å². The molecule has 0 aliphatic carbocycles. The summed E-state index contributed by atoms with van der Waals surface area (Å²) in [7, 11) is 0. The van der Waals surface area contributed by atoms with Gasteiger partial charge in [0.05, 0.1) is 0 Å². The van der Waals surface area contributed by atoms with Crippen LogP contribution in [0.1, 0.15) is 0 Å². The summed E-state index contributed by atoms with van der Waals surface area (Å²) in [6, 6.07) is 162. The highest BCUT2D eigenvalue weighted by molar-refractivity contribution is 5.96. The Kier molecular flexibility index (Phi) is 18.2. The first kappa shape index (κ1) is 65.8. The highest BCUT2D eigenvalue weighted by Gasteiger charge is 2.18. The summed E-state index contributed by atoms with van der Waals surface area (Å²) in [5.41, 5.74) is 28.5. The normalized spacial score (nSPS) is 11.1. The first-order chi connectivity index (χ1) is 53.5. The lowest BCUT2D eigenvalue weighted by molar-refractivity contribution is 1.28. The van der Waals surface area contributed by atoms with Crippen LogP contribution in [-0.2, 0) is 0 Å². The zero-order chi connectivity index (χ0) is 72.0. The third-order valence-corrected chi connectivity index (χ3v) is 20.9. The van der Waals surface area contributed by atoms with Crippen LogP contribution in [0.2, 0.25) is 0 Å². The third-order valence-electron chi connectivity index (χ3n) is 20.9. The summed E-state index contributed by atoms with van der Waals surface area (Å²) in [5.74, 6) is 0. The van der Waals surface area contributed by atoms with Crippen molar-refractivity contribution in [2.75, 3.05) is 9.80 Å². The minimum atomic E-state index is 1.10. The molecule has 0 aliphatic heterocycles. The zero-order valence-corrected chi connectivity index (χ0v) is 59.6. The molecule has 0 bridgehead atoms. The Morgan fingerprint density at radius 3 is 0.491 bits per heavy atom. The molecule has 0 radical (unpaired) electrons. The van der Waals surface area contributed by atoms with E-state index in [1.54, 1.807) is 0 Å². The van der Waals surface area contributed by atoms with Gasteiger partial charge in [-0.05, 0) is 258 Å². The van der Waals surface area contributed by atoms with Crippen molar-refractivity contribution in [1.29, 1.82) is 0 Å². The van der Waals surface area contributed by atoms with Gasteiger partial charge in [-0.25, -0.2) is 0 Å². The van der Waals surface area contributed by atoms with Crippen molar-refractivity contribution in [2.24, 2.45) is 0 Å². The van der Waals surface area contributed by atoms with Crippen molar-refractivity contribution in [3.05, 3.63) is 449 Å². The van der Waals surface area contributed by atoms with Crippen LogP contribution in [0.4, 0.5) is 34.1 Å². The van der Waals surface area contributed by atoms with E-state index in [0.29, 0.717) is 0 Å². The Morgan fingerprint density at radius 1 is 0.0926 bits per heavy atom. The van der Waals surface area contributed by atoms with Crippen LogP contribution >= 0.6 is 0 Å². The topological polar surface area (TPSA) is 6.48 Å². The average Bonchev–Trinajstić information content (AvgIpc) is 0.794. The minimum Gasteiger partial charge on any atom is -0.311 e. The lowest BCUT2D eigenvalue weighted by Gasteiger charge is -2.26. The summed E-state index contributed by atoms with van der Waals surface area (Å²) < 4.78 is 0. The second-order valence-corrected chi connectivity index (χ2v) is 27.7. The summed E-state index contributed by atoms with van der Waals surface area (Å²) in [6.07, 6.45) is 0. The molecule has 19 rings (SSSR count). The lowest BCUT2D eigenvalue weighted by atomic mass is 9.96. The van der Waals surface area contributed by atoms with Gasteiger partial charge >= 0.3 is 0 Å². The van der Waals surface area contributed by atoms with E-state index in [-0.39, 0.29) is 0 Å². The maximum atomic E-state index is 2.34. The second kappa shape index (κ2) is 29.9. The molecule has 0 unspecified atom stereocenters. The molecule has 0 amide bonds. The van der Waals surface area contributed by atoms with Gasteiger partial charge in [0, 0.05) is 34.1 Å². The van der Waals surface area contributed by atoms with Crippen LogP contribution in [-0.4, -0.2) is 0 Å². The van der Waals surface area contributed by atoms with Gasteiger partial charge in [0.25, 0.3) is 0 Å². The Hall–Kier alpha value is -14.2. The Balaban J connectivity index is 0.000000153. The van der Waals surface area contributed by atoms with Crippen LogP contribution in [0.3, 0.4) is 0 Å². The third kappa shape index (κ3) is 14.1. The average molecular weight is 1380 g/mol. The fourth-order valence-corrected chi connectivity index (χ4v) is 15.1. The fourth-order valence-electron chi connectivity index (χ4n) is 15.1. The second-order valence-electron chi connectivity index (χ2n) is 27.7. The van der Waals surface area contributed by atoms with E-state index in [9.17, 15) is 0 Å². The Labute approximate surface area is 631 Å². The molecule has 2 nitrogen and oxygen atoms in total. The maximum Gasteiger partial charge on any atom is 0.0462 e. The van der Waals surface area contributed by atoms with Gasteiger partial charge in [-0.15, -0.1) is 0 Å². The number of benzene rings is 19. The van der Waals surface area contributed by atoms with Crippen LogP contribution in [0.15, 0.2) is 449 Å². The predicted octanol–water partition coefficient (Wildman–Crippen LogP) is 29.9. The van der Waals surface area contributed by atoms with Crippen molar-refractivity contribution < 1.29 is 0 Å². The monoisotopic (exact) mass is 1370 g/mol. The van der Waals surface area contributed by atoms with Crippen LogP contribution in [0.5, 0.6) is 0 Å². The van der Waals surface area contributed by atoms with Gasteiger partial charge in [-0.1, -0.05) is 334 Å². The van der Waals surface area contributed by atoms with Crippen LogP contribution in [0.25, 0.3) is 143 Å². The van der Waals surface area contributed by atoms with Gasteiger partial charge in [0.2, 0.25) is 0 Å². The van der Waals surface area contributed by atoms with E-state index in [0.717, 1.165) is 34.1 Å². The van der Waals surface area contributed by atoms with Crippen molar-refractivity contribution >= 4 is 77.2 Å². The van der Waals surface area contributed by atoms with Crippen molar-refractivity contribution in [2.45, 2.75) is 0 Å². The smallest absolute Gasteiger partial charge is 0.0462 e. The molecule has 0 N–H and O–H groups in total. The summed E-state index contributed by atoms with van der Waals surface area (Å²) in [4.78, 5) is 4.68. The van der Waals surface area contributed by atoms with Gasteiger partial charge in [-0.3, -0.25) is 0 Å². The van der Waals surface area contributed by atoms with E-state index < -0.39 is 0 Å². The molecule has 0 fully saturated rings. The van der Waals surface area contributed by atoms with E-state index in [4.69, 9.17) is 0 Å². The number of hydrogen-bond donors (Lipinski definition) is 0. The molecular formula is C106H74N2. The summed E-state index contributed by atoms with van der Waals surface area (Å²) in [6.45, 7) is 0. The van der Waals surface area contributed by atoms with E-state index in [1.165, 1.54) is 143 Å². The van der Waals surface area contributed by atoms with E-state index >= 15 is 0 Å². The molecule has 0 aliphatic rings. The highest BCUT2D eigenvalue weighted by Crippen LogP contribution is 2.42. The molecule has 0 atom stereocenters. The molecular weight excluding hydrogens is 1300 g/mol. The molecule has 508 valence electrons. The maximum absolute atomic E-state index is 2.34. The number of hydrogen-bond acceptors (Lipinski definition) is 2. The molecule has 2 heteroatoms. The number of nitrogens with zero attached hydrogens (tertiary/aromatic N) is 2. The highest BCUT2D eigenvalue weighted by atomic mass is 15.1. The number of anilines is 6. The molecule has 19 aromatic rings. The van der Waals surface area contributed by atoms with E-state index in [1.807, 2.05) is 0 Å². The van der Waals surface area contributed by atoms with Gasteiger partial charge in [0.1, 0.15) is 0 Å². The minimum absolute atomic E-state index is 1.10. The SMILES string of the molecule is c1ccc(-c2ccc(N(c3ccc(-c4cccc(-c5ccccc5)c4)cc3)c3ccc(-c4ccc5cc(-c6ccc7ccccc7c6)ccc5c4)cc3)cc2)cc1.c1ccc(-c2ccc(N(c3ccc(-c4ccccc4)cc3)c3ccc(-c4ccc5cc(-c6ccc7ccccc7c6)ccc5c4)cc3)cc2)cc1. The molecule has 0 saturated carbocycles. The molecule has 108 heavy (non-hydrogen) atoms. The summed E-state index contributed by atoms with van der Waals surface area (Å²) in [5, 5.41) is 10.0. The van der Waals surface area contributed by atoms with Gasteiger partial charge in [0.15, 0.2) is 0 Å². The van der Waals surface area contributed by atoms with Crippen molar-refractivity contribution in [1.82, 2.24) is 0 Å².